The molecule has 1 aliphatic carbocycles. The molecular weight excluding hydrogens is 246 g/mol. The zero-order valence-electron chi connectivity index (χ0n) is 11.2. The summed E-state index contributed by atoms with van der Waals surface area (Å²) in [6.45, 7) is 5.12. The zero-order valence-corrected chi connectivity index (χ0v) is 11.9. The molecule has 2 nitrogen and oxygen atoms in total. The van der Waals surface area contributed by atoms with Gasteiger partial charge in [-0.15, -0.1) is 0 Å². The highest BCUT2D eigenvalue weighted by Gasteiger charge is 2.19. The van der Waals surface area contributed by atoms with Gasteiger partial charge in [-0.3, -0.25) is 0 Å². The molecule has 0 saturated heterocycles. The first-order valence-corrected chi connectivity index (χ1v) is 7.11. The third-order valence-electron chi connectivity index (χ3n) is 3.93. The van der Waals surface area contributed by atoms with E-state index < -0.39 is 0 Å². The molecule has 1 aromatic carbocycles. The minimum absolute atomic E-state index is 0.0814. The summed E-state index contributed by atoms with van der Waals surface area (Å²) in [5, 5.41) is 13.9. The smallest absolute Gasteiger partial charge is 0.0541 e. The number of aliphatic hydroxyl groups is 1. The Balaban J connectivity index is 1.94. The Kier molecular flexibility index (Phi) is 4.66. The van der Waals surface area contributed by atoms with Crippen LogP contribution in [0.25, 0.3) is 0 Å². The molecule has 2 N–H and O–H groups in total. The van der Waals surface area contributed by atoms with Crippen LogP contribution in [0.15, 0.2) is 12.1 Å². The highest BCUT2D eigenvalue weighted by molar-refractivity contribution is 6.30. The lowest BCUT2D eigenvalue weighted by Crippen LogP contribution is -2.34. The van der Waals surface area contributed by atoms with Crippen molar-refractivity contribution in [3.63, 3.8) is 0 Å². The fourth-order valence-corrected chi connectivity index (χ4v) is 3.07. The molecule has 0 bridgehead atoms. The number of nitrogens with one attached hydrogen (secondary N) is 1. The molecule has 18 heavy (non-hydrogen) atoms. The Morgan fingerprint density at radius 2 is 1.72 bits per heavy atom. The van der Waals surface area contributed by atoms with E-state index in [1.165, 1.54) is 16.7 Å². The van der Waals surface area contributed by atoms with E-state index in [-0.39, 0.29) is 6.10 Å². The maximum Gasteiger partial charge on any atom is 0.0541 e. The summed E-state index contributed by atoms with van der Waals surface area (Å²) in [6.07, 6.45) is 3.92. The number of hydrogen-bond acceptors (Lipinski definition) is 2. The van der Waals surface area contributed by atoms with Gasteiger partial charge in [-0.25, -0.2) is 0 Å². The molecule has 2 rings (SSSR count). The molecule has 0 amide bonds. The molecular formula is C15H22ClNO. The average molecular weight is 268 g/mol. The Morgan fingerprint density at radius 3 is 2.28 bits per heavy atom. The van der Waals surface area contributed by atoms with Gasteiger partial charge in [0.1, 0.15) is 0 Å². The summed E-state index contributed by atoms with van der Waals surface area (Å²) >= 11 is 6.04. The molecule has 100 valence electrons. The van der Waals surface area contributed by atoms with Crippen molar-refractivity contribution in [2.45, 2.75) is 58.2 Å². The van der Waals surface area contributed by atoms with Crippen LogP contribution in [-0.4, -0.2) is 17.3 Å². The van der Waals surface area contributed by atoms with Crippen molar-refractivity contribution in [3.8, 4) is 0 Å². The van der Waals surface area contributed by atoms with E-state index >= 15 is 0 Å². The van der Waals surface area contributed by atoms with E-state index in [9.17, 15) is 5.11 Å². The molecule has 0 atom stereocenters. The Hall–Kier alpha value is -0.570. The van der Waals surface area contributed by atoms with Crippen molar-refractivity contribution in [2.75, 3.05) is 0 Å². The van der Waals surface area contributed by atoms with Crippen LogP contribution in [0.5, 0.6) is 0 Å². The molecule has 1 saturated carbocycles. The molecule has 1 aliphatic rings. The van der Waals surface area contributed by atoms with Crippen molar-refractivity contribution in [3.05, 3.63) is 33.8 Å². The third kappa shape index (κ3) is 3.47. The van der Waals surface area contributed by atoms with Gasteiger partial charge in [0.15, 0.2) is 0 Å². The maximum atomic E-state index is 9.49. The van der Waals surface area contributed by atoms with Crippen LogP contribution in [-0.2, 0) is 6.54 Å². The maximum absolute atomic E-state index is 9.49. The van der Waals surface area contributed by atoms with E-state index in [0.717, 1.165) is 37.3 Å². The highest BCUT2D eigenvalue weighted by atomic mass is 35.5. The molecule has 0 aromatic heterocycles. The second kappa shape index (κ2) is 6.05. The van der Waals surface area contributed by atoms with Crippen LogP contribution in [0.4, 0.5) is 0 Å². The van der Waals surface area contributed by atoms with E-state index in [2.05, 4.69) is 19.2 Å². The average Bonchev–Trinajstić information content (AvgIpc) is 2.30. The molecule has 1 fully saturated rings. The standard InChI is InChI=1S/C15H22ClNO/c1-10-7-12(16)8-11(2)15(10)9-17-13-3-5-14(18)6-4-13/h7-8,13-14,17-18H,3-6,9H2,1-2H3. The predicted molar refractivity (Wildman–Crippen MR) is 76.0 cm³/mol. The van der Waals surface area contributed by atoms with Gasteiger partial charge in [-0.1, -0.05) is 11.6 Å². The fourth-order valence-electron chi connectivity index (χ4n) is 2.75. The monoisotopic (exact) mass is 267 g/mol. The molecule has 3 heteroatoms. The molecule has 1 aromatic rings. The highest BCUT2D eigenvalue weighted by Crippen LogP contribution is 2.22. The van der Waals surface area contributed by atoms with Crippen LogP contribution >= 0.6 is 11.6 Å². The number of aliphatic hydroxyl groups excluding tert-OH is 1. The van der Waals surface area contributed by atoms with Crippen LogP contribution in [0, 0.1) is 13.8 Å². The van der Waals surface area contributed by atoms with Crippen molar-refractivity contribution in [2.24, 2.45) is 0 Å². The Bertz CT molecular complexity index is 388. The van der Waals surface area contributed by atoms with E-state index in [4.69, 9.17) is 11.6 Å². The van der Waals surface area contributed by atoms with Crippen LogP contribution in [0.3, 0.4) is 0 Å². The van der Waals surface area contributed by atoms with Gasteiger partial charge in [0.05, 0.1) is 6.10 Å². The number of benzene rings is 1. The SMILES string of the molecule is Cc1cc(Cl)cc(C)c1CNC1CCC(O)CC1. The van der Waals surface area contributed by atoms with Gasteiger partial charge in [0.2, 0.25) is 0 Å². The van der Waals surface area contributed by atoms with E-state index in [1.807, 2.05) is 12.1 Å². The lowest BCUT2D eigenvalue weighted by Gasteiger charge is -2.27. The summed E-state index contributed by atoms with van der Waals surface area (Å²) in [5.41, 5.74) is 3.86. The number of hydrogen-bond donors (Lipinski definition) is 2. The first-order valence-electron chi connectivity index (χ1n) is 6.73. The van der Waals surface area contributed by atoms with Gasteiger partial charge in [0, 0.05) is 17.6 Å². The van der Waals surface area contributed by atoms with Crippen LogP contribution < -0.4 is 5.32 Å². The quantitative estimate of drug-likeness (QED) is 0.880. The largest absolute Gasteiger partial charge is 0.393 e. The zero-order chi connectivity index (χ0) is 13.1. The lowest BCUT2D eigenvalue weighted by molar-refractivity contribution is 0.116. The third-order valence-corrected chi connectivity index (χ3v) is 4.14. The molecule has 0 radical (unpaired) electrons. The lowest BCUT2D eigenvalue weighted by atomic mass is 9.92. The molecule has 0 aliphatic heterocycles. The van der Waals surface area contributed by atoms with Crippen molar-refractivity contribution >= 4 is 11.6 Å². The predicted octanol–water partition coefficient (Wildman–Crippen LogP) is 3.35. The second-order valence-electron chi connectivity index (χ2n) is 5.40. The summed E-state index contributed by atoms with van der Waals surface area (Å²) in [7, 11) is 0. The topological polar surface area (TPSA) is 32.3 Å². The summed E-state index contributed by atoms with van der Waals surface area (Å²) in [6, 6.07) is 4.59. The first-order chi connectivity index (χ1) is 8.56. The van der Waals surface area contributed by atoms with E-state index in [1.54, 1.807) is 0 Å². The number of halogens is 1. The van der Waals surface area contributed by atoms with E-state index in [0.29, 0.717) is 6.04 Å². The normalized spacial score (nSPS) is 24.2. The minimum atomic E-state index is -0.0814. The first kappa shape index (κ1) is 13.9. The van der Waals surface area contributed by atoms with Gasteiger partial charge in [-0.2, -0.15) is 0 Å². The summed E-state index contributed by atoms with van der Waals surface area (Å²) < 4.78 is 0. The van der Waals surface area contributed by atoms with Crippen molar-refractivity contribution < 1.29 is 5.11 Å². The molecule has 0 unspecified atom stereocenters. The summed E-state index contributed by atoms with van der Waals surface area (Å²) in [5.74, 6) is 0. The second-order valence-corrected chi connectivity index (χ2v) is 5.84. The minimum Gasteiger partial charge on any atom is -0.393 e. The molecule has 0 heterocycles. The van der Waals surface area contributed by atoms with Crippen molar-refractivity contribution in [1.29, 1.82) is 0 Å². The van der Waals surface area contributed by atoms with Crippen LogP contribution in [0.1, 0.15) is 42.4 Å². The Morgan fingerprint density at radius 1 is 1.17 bits per heavy atom. The Labute approximate surface area is 114 Å². The number of rotatable bonds is 3. The fraction of sp³-hybridized carbons (Fsp3) is 0.600. The van der Waals surface area contributed by atoms with Crippen molar-refractivity contribution in [1.82, 2.24) is 5.32 Å². The van der Waals surface area contributed by atoms with Gasteiger partial charge >= 0.3 is 0 Å². The number of aryl methyl sites for hydroxylation is 2. The van der Waals surface area contributed by atoms with Gasteiger partial charge in [-0.05, 0) is 68.4 Å². The molecule has 0 spiro atoms. The summed E-state index contributed by atoms with van der Waals surface area (Å²) in [4.78, 5) is 0. The van der Waals surface area contributed by atoms with Gasteiger partial charge in [0.25, 0.3) is 0 Å². The van der Waals surface area contributed by atoms with Gasteiger partial charge < -0.3 is 10.4 Å². The van der Waals surface area contributed by atoms with Crippen LogP contribution in [0.2, 0.25) is 5.02 Å².